The van der Waals surface area contributed by atoms with Gasteiger partial charge in [0.25, 0.3) is 0 Å². The van der Waals surface area contributed by atoms with Crippen LogP contribution in [-0.2, 0) is 14.3 Å². The molecular formula is C24H32N2O6. The fraction of sp³-hybridized carbons (Fsp3) is 0.583. The van der Waals surface area contributed by atoms with Crippen molar-refractivity contribution in [1.29, 1.82) is 0 Å². The number of carbonyl (C=O) groups excluding carboxylic acids is 2. The molecule has 1 heterocycles. The number of nitrogens with zero attached hydrogens (tertiary/aromatic N) is 1. The molecule has 0 aromatic heterocycles. The van der Waals surface area contributed by atoms with E-state index in [1.165, 1.54) is 0 Å². The molecule has 3 N–H and O–H groups in total. The van der Waals surface area contributed by atoms with Gasteiger partial charge >= 0.3 is 0 Å². The standard InChI is InChI=1S/C24H32N2O6/c1-2-31-13-5-11-26(24(30)15-8-9-15)18-14-17(23(29)25-10-12-27)20-16-6-3-4-7-19(16)32-22(20)21(18)28/h3-4,6-7,14-15,18,20-22,27-28H,2,5,8-13H2,1H3,(H,25,29)/t18-,20+,21+,22+/m1/s1. The zero-order valence-electron chi connectivity index (χ0n) is 18.4. The third kappa shape index (κ3) is 4.53. The third-order valence-electron chi connectivity index (χ3n) is 6.34. The smallest absolute Gasteiger partial charge is 0.247 e. The summed E-state index contributed by atoms with van der Waals surface area (Å²) in [6, 6.07) is 6.79. The Morgan fingerprint density at radius 2 is 2.06 bits per heavy atom. The van der Waals surface area contributed by atoms with E-state index in [0.29, 0.717) is 37.5 Å². The highest BCUT2D eigenvalue weighted by molar-refractivity contribution is 5.96. The summed E-state index contributed by atoms with van der Waals surface area (Å²) in [6.07, 6.45) is 2.43. The van der Waals surface area contributed by atoms with Gasteiger partial charge in [0.15, 0.2) is 0 Å². The van der Waals surface area contributed by atoms with Crippen LogP contribution >= 0.6 is 0 Å². The van der Waals surface area contributed by atoms with Gasteiger partial charge in [-0.25, -0.2) is 0 Å². The number of para-hydroxylation sites is 1. The number of aliphatic hydroxyl groups excluding tert-OH is 2. The highest BCUT2D eigenvalue weighted by Gasteiger charge is 2.51. The van der Waals surface area contributed by atoms with Crippen molar-refractivity contribution in [2.75, 3.05) is 32.9 Å². The van der Waals surface area contributed by atoms with Gasteiger partial charge < -0.3 is 29.9 Å². The van der Waals surface area contributed by atoms with Gasteiger partial charge in [-0.05, 0) is 38.3 Å². The van der Waals surface area contributed by atoms with Gasteiger partial charge in [0, 0.05) is 43.4 Å². The van der Waals surface area contributed by atoms with E-state index >= 15 is 0 Å². The summed E-state index contributed by atoms with van der Waals surface area (Å²) < 4.78 is 11.5. The summed E-state index contributed by atoms with van der Waals surface area (Å²) in [6.45, 7) is 3.44. The van der Waals surface area contributed by atoms with Gasteiger partial charge in [0.05, 0.1) is 18.6 Å². The number of ether oxygens (including phenoxy) is 2. The molecule has 0 spiro atoms. The van der Waals surface area contributed by atoms with Crippen LogP contribution in [-0.4, -0.2) is 78.1 Å². The average Bonchev–Trinajstić information content (AvgIpc) is 3.58. The first-order valence-electron chi connectivity index (χ1n) is 11.5. The first-order valence-corrected chi connectivity index (χ1v) is 11.5. The van der Waals surface area contributed by atoms with Gasteiger partial charge in [0.2, 0.25) is 11.8 Å². The molecule has 8 nitrogen and oxygen atoms in total. The van der Waals surface area contributed by atoms with Crippen LogP contribution in [0.5, 0.6) is 5.75 Å². The molecule has 0 unspecified atom stereocenters. The van der Waals surface area contributed by atoms with Gasteiger partial charge in [-0.3, -0.25) is 9.59 Å². The van der Waals surface area contributed by atoms with Crippen molar-refractivity contribution in [3.8, 4) is 5.75 Å². The highest BCUT2D eigenvalue weighted by atomic mass is 16.5. The van der Waals surface area contributed by atoms with E-state index in [0.717, 1.165) is 18.4 Å². The zero-order valence-corrected chi connectivity index (χ0v) is 18.4. The Kier molecular flexibility index (Phi) is 7.13. The predicted molar refractivity (Wildman–Crippen MR) is 117 cm³/mol. The van der Waals surface area contributed by atoms with Gasteiger partial charge in [-0.1, -0.05) is 18.2 Å². The van der Waals surface area contributed by atoms with E-state index in [2.05, 4.69) is 5.32 Å². The quantitative estimate of drug-likeness (QED) is 0.464. The van der Waals surface area contributed by atoms with Crippen LogP contribution in [0.15, 0.2) is 35.9 Å². The van der Waals surface area contributed by atoms with Crippen LogP contribution in [0.25, 0.3) is 0 Å². The Morgan fingerprint density at radius 3 is 2.78 bits per heavy atom. The number of rotatable bonds is 10. The van der Waals surface area contributed by atoms with Crippen molar-refractivity contribution in [3.63, 3.8) is 0 Å². The number of nitrogens with one attached hydrogen (secondary N) is 1. The molecule has 0 saturated heterocycles. The lowest BCUT2D eigenvalue weighted by atomic mass is 9.77. The largest absolute Gasteiger partial charge is 0.486 e. The van der Waals surface area contributed by atoms with Crippen molar-refractivity contribution in [3.05, 3.63) is 41.5 Å². The molecule has 0 radical (unpaired) electrons. The van der Waals surface area contributed by atoms with E-state index in [1.54, 1.807) is 11.0 Å². The van der Waals surface area contributed by atoms with Crippen molar-refractivity contribution < 1.29 is 29.3 Å². The van der Waals surface area contributed by atoms with Gasteiger partial charge in [0.1, 0.15) is 18.0 Å². The molecule has 2 aliphatic carbocycles. The van der Waals surface area contributed by atoms with Crippen LogP contribution in [0, 0.1) is 5.92 Å². The second kappa shape index (κ2) is 10.0. The molecule has 3 aliphatic rings. The monoisotopic (exact) mass is 444 g/mol. The molecule has 4 rings (SSSR count). The Labute approximate surface area is 188 Å². The summed E-state index contributed by atoms with van der Waals surface area (Å²) in [5.74, 6) is -0.129. The second-order valence-electron chi connectivity index (χ2n) is 8.54. The van der Waals surface area contributed by atoms with Crippen LogP contribution in [0.3, 0.4) is 0 Å². The zero-order chi connectivity index (χ0) is 22.7. The SMILES string of the molecule is CCOCCCN(C(=O)C1CC1)[C@@H]1C=C(C(=O)NCCO)[C@@H]2c3ccccc3O[C@@H]2[C@H]1O. The average molecular weight is 445 g/mol. The fourth-order valence-electron chi connectivity index (χ4n) is 4.64. The summed E-state index contributed by atoms with van der Waals surface area (Å²) in [5, 5.41) is 23.2. The molecule has 1 saturated carbocycles. The van der Waals surface area contributed by atoms with E-state index < -0.39 is 24.2 Å². The summed E-state index contributed by atoms with van der Waals surface area (Å²) in [5.41, 5.74) is 1.30. The maximum atomic E-state index is 13.1. The maximum absolute atomic E-state index is 13.1. The minimum Gasteiger partial charge on any atom is -0.486 e. The minimum atomic E-state index is -0.975. The molecule has 1 aromatic rings. The number of benzene rings is 1. The summed E-state index contributed by atoms with van der Waals surface area (Å²) in [4.78, 5) is 27.9. The van der Waals surface area contributed by atoms with E-state index in [9.17, 15) is 14.7 Å². The Bertz CT molecular complexity index is 868. The molecule has 2 amide bonds. The Morgan fingerprint density at radius 1 is 1.28 bits per heavy atom. The highest BCUT2D eigenvalue weighted by Crippen LogP contribution is 2.47. The molecule has 32 heavy (non-hydrogen) atoms. The minimum absolute atomic E-state index is 0.00544. The topological polar surface area (TPSA) is 108 Å². The summed E-state index contributed by atoms with van der Waals surface area (Å²) >= 11 is 0. The molecule has 8 heteroatoms. The van der Waals surface area contributed by atoms with Gasteiger partial charge in [-0.2, -0.15) is 0 Å². The molecule has 1 aliphatic heterocycles. The van der Waals surface area contributed by atoms with E-state index in [-0.39, 0.29) is 30.9 Å². The lowest BCUT2D eigenvalue weighted by Gasteiger charge is -2.41. The van der Waals surface area contributed by atoms with Crippen LogP contribution in [0.1, 0.15) is 37.7 Å². The van der Waals surface area contributed by atoms with E-state index in [4.69, 9.17) is 14.6 Å². The number of amides is 2. The second-order valence-corrected chi connectivity index (χ2v) is 8.54. The van der Waals surface area contributed by atoms with Crippen molar-refractivity contribution in [2.24, 2.45) is 5.92 Å². The molecule has 1 fully saturated rings. The lowest BCUT2D eigenvalue weighted by Crippen LogP contribution is -2.56. The molecule has 1 aromatic carbocycles. The Balaban J connectivity index is 1.66. The van der Waals surface area contributed by atoms with Crippen molar-refractivity contribution in [1.82, 2.24) is 10.2 Å². The maximum Gasteiger partial charge on any atom is 0.247 e. The molecule has 4 atom stereocenters. The number of carbonyl (C=O) groups is 2. The summed E-state index contributed by atoms with van der Waals surface area (Å²) in [7, 11) is 0. The number of hydrogen-bond acceptors (Lipinski definition) is 6. The molecule has 0 bridgehead atoms. The number of hydrogen-bond donors (Lipinski definition) is 3. The third-order valence-corrected chi connectivity index (χ3v) is 6.34. The van der Waals surface area contributed by atoms with E-state index in [1.807, 2.05) is 31.2 Å². The molecule has 174 valence electrons. The Hall–Kier alpha value is -2.42. The van der Waals surface area contributed by atoms with Gasteiger partial charge in [-0.15, -0.1) is 0 Å². The predicted octanol–water partition coefficient (Wildman–Crippen LogP) is 0.974. The van der Waals surface area contributed by atoms with Crippen LogP contribution < -0.4 is 10.1 Å². The number of fused-ring (bicyclic) bond motifs is 3. The lowest BCUT2D eigenvalue weighted by molar-refractivity contribution is -0.138. The number of aliphatic hydroxyl groups is 2. The normalized spacial score (nSPS) is 25.9. The van der Waals surface area contributed by atoms with Crippen LogP contribution in [0.2, 0.25) is 0 Å². The van der Waals surface area contributed by atoms with Crippen LogP contribution in [0.4, 0.5) is 0 Å². The first-order chi connectivity index (χ1) is 15.6. The van der Waals surface area contributed by atoms with Crippen molar-refractivity contribution >= 4 is 11.8 Å². The fourth-order valence-corrected chi connectivity index (χ4v) is 4.64. The van der Waals surface area contributed by atoms with Crippen molar-refractivity contribution in [2.45, 2.75) is 50.4 Å². The molecular weight excluding hydrogens is 412 g/mol. The first kappa shape index (κ1) is 22.8.